The number of non-ortho nitro benzene ring substituents is 1. The quantitative estimate of drug-likeness (QED) is 0.482. The van der Waals surface area contributed by atoms with Gasteiger partial charge in [0.15, 0.2) is 0 Å². The Balaban J connectivity index is 2.37. The first kappa shape index (κ1) is 13.7. The SMILES string of the molecule is Nc1cc([N+](=O)[O-])ccc1S(=O)(=O)Nc1ncccn1. The average Bonchev–Trinajstić information content (AvgIpc) is 2.38. The fourth-order valence-corrected chi connectivity index (χ4v) is 2.49. The standard InChI is InChI=1S/C10H9N5O4S/c11-8-6-7(15(16)17)2-3-9(8)20(18,19)14-10-12-4-1-5-13-10/h1-6H,11H2,(H,12,13,14). The molecule has 0 unspecified atom stereocenters. The van der Waals surface area contributed by atoms with Crippen molar-refractivity contribution in [3.05, 3.63) is 46.8 Å². The van der Waals surface area contributed by atoms with E-state index in [1.165, 1.54) is 18.5 Å². The van der Waals surface area contributed by atoms with Crippen LogP contribution in [0.1, 0.15) is 0 Å². The first-order valence-electron chi connectivity index (χ1n) is 5.24. The summed E-state index contributed by atoms with van der Waals surface area (Å²) in [5.74, 6) is -0.120. The Bertz CT molecular complexity index is 747. The van der Waals surface area contributed by atoms with E-state index in [-0.39, 0.29) is 22.2 Å². The van der Waals surface area contributed by atoms with Gasteiger partial charge in [-0.1, -0.05) is 0 Å². The van der Waals surface area contributed by atoms with Gasteiger partial charge in [-0.2, -0.15) is 0 Å². The molecule has 20 heavy (non-hydrogen) atoms. The number of benzene rings is 1. The van der Waals surface area contributed by atoms with E-state index >= 15 is 0 Å². The Kier molecular flexibility index (Phi) is 3.48. The van der Waals surface area contributed by atoms with Gasteiger partial charge >= 0.3 is 0 Å². The van der Waals surface area contributed by atoms with Crippen LogP contribution in [0.15, 0.2) is 41.6 Å². The summed E-state index contributed by atoms with van der Waals surface area (Å²) < 4.78 is 26.2. The van der Waals surface area contributed by atoms with Gasteiger partial charge < -0.3 is 5.73 Å². The molecule has 2 aromatic rings. The molecule has 0 bridgehead atoms. The van der Waals surface area contributed by atoms with Gasteiger partial charge in [-0.05, 0) is 12.1 Å². The van der Waals surface area contributed by atoms with Crippen LogP contribution in [0.25, 0.3) is 0 Å². The summed E-state index contributed by atoms with van der Waals surface area (Å²) in [4.78, 5) is 17.1. The van der Waals surface area contributed by atoms with Gasteiger partial charge in [-0.3, -0.25) is 10.1 Å². The molecule has 1 aromatic heterocycles. The Labute approximate surface area is 113 Å². The van der Waals surface area contributed by atoms with Crippen molar-refractivity contribution in [3.63, 3.8) is 0 Å². The van der Waals surface area contributed by atoms with Crippen LogP contribution in [0.5, 0.6) is 0 Å². The molecule has 9 nitrogen and oxygen atoms in total. The summed E-state index contributed by atoms with van der Waals surface area (Å²) in [5.41, 5.74) is 5.01. The van der Waals surface area contributed by atoms with Crippen LogP contribution in [0.3, 0.4) is 0 Å². The largest absolute Gasteiger partial charge is 0.397 e. The average molecular weight is 295 g/mol. The first-order valence-corrected chi connectivity index (χ1v) is 6.72. The van der Waals surface area contributed by atoms with Crippen molar-refractivity contribution in [2.45, 2.75) is 4.90 Å². The molecule has 0 aliphatic carbocycles. The number of sulfonamides is 1. The zero-order valence-corrected chi connectivity index (χ0v) is 10.7. The van der Waals surface area contributed by atoms with E-state index in [9.17, 15) is 18.5 Å². The predicted octanol–water partition coefficient (Wildman–Crippen LogP) is 0.768. The third kappa shape index (κ3) is 2.80. The van der Waals surface area contributed by atoms with Crippen LogP contribution in [0.2, 0.25) is 0 Å². The summed E-state index contributed by atoms with van der Waals surface area (Å²) in [6, 6.07) is 4.61. The molecule has 0 saturated heterocycles. The van der Waals surface area contributed by atoms with E-state index in [0.717, 1.165) is 18.2 Å². The summed E-state index contributed by atoms with van der Waals surface area (Å²) in [6.07, 6.45) is 2.73. The fraction of sp³-hybridized carbons (Fsp3) is 0. The second-order valence-electron chi connectivity index (χ2n) is 3.66. The van der Waals surface area contributed by atoms with Crippen LogP contribution < -0.4 is 10.5 Å². The van der Waals surface area contributed by atoms with Crippen LogP contribution in [0.4, 0.5) is 17.3 Å². The van der Waals surface area contributed by atoms with Crippen molar-refractivity contribution in [2.75, 3.05) is 10.5 Å². The highest BCUT2D eigenvalue weighted by atomic mass is 32.2. The molecule has 0 aliphatic heterocycles. The molecule has 0 fully saturated rings. The molecule has 0 atom stereocenters. The van der Waals surface area contributed by atoms with Gasteiger partial charge in [-0.25, -0.2) is 23.1 Å². The highest BCUT2D eigenvalue weighted by Gasteiger charge is 2.20. The van der Waals surface area contributed by atoms with Gasteiger partial charge in [0.25, 0.3) is 15.7 Å². The van der Waals surface area contributed by atoms with E-state index in [1.54, 1.807) is 0 Å². The number of hydrogen-bond donors (Lipinski definition) is 2. The van der Waals surface area contributed by atoms with Crippen molar-refractivity contribution < 1.29 is 13.3 Å². The fourth-order valence-electron chi connectivity index (χ4n) is 1.42. The highest BCUT2D eigenvalue weighted by molar-refractivity contribution is 7.92. The van der Waals surface area contributed by atoms with Crippen LogP contribution in [0, 0.1) is 10.1 Å². The van der Waals surface area contributed by atoms with Crippen molar-refractivity contribution in [3.8, 4) is 0 Å². The summed E-state index contributed by atoms with van der Waals surface area (Å²) >= 11 is 0. The van der Waals surface area contributed by atoms with Crippen molar-refractivity contribution in [2.24, 2.45) is 0 Å². The third-order valence-corrected chi connectivity index (χ3v) is 3.69. The van der Waals surface area contributed by atoms with Gasteiger partial charge in [0.05, 0.1) is 10.6 Å². The molecule has 0 amide bonds. The Morgan fingerprint density at radius 1 is 1.25 bits per heavy atom. The topological polar surface area (TPSA) is 141 Å². The maximum Gasteiger partial charge on any atom is 0.271 e. The number of aromatic nitrogens is 2. The van der Waals surface area contributed by atoms with Crippen molar-refractivity contribution in [1.82, 2.24) is 9.97 Å². The van der Waals surface area contributed by atoms with E-state index in [0.29, 0.717) is 0 Å². The molecule has 10 heteroatoms. The first-order chi connectivity index (χ1) is 9.40. The third-order valence-electron chi connectivity index (χ3n) is 2.29. The Morgan fingerprint density at radius 3 is 2.45 bits per heavy atom. The number of anilines is 2. The molecule has 2 rings (SSSR count). The van der Waals surface area contributed by atoms with Crippen LogP contribution in [-0.4, -0.2) is 23.3 Å². The maximum atomic E-state index is 12.1. The molecule has 104 valence electrons. The number of nitro benzene ring substituents is 1. The van der Waals surface area contributed by atoms with E-state index < -0.39 is 14.9 Å². The second-order valence-corrected chi connectivity index (χ2v) is 5.31. The van der Waals surface area contributed by atoms with E-state index in [1.807, 2.05) is 0 Å². The van der Waals surface area contributed by atoms with E-state index in [4.69, 9.17) is 5.73 Å². The maximum absolute atomic E-state index is 12.1. The number of nitrogens with one attached hydrogen (secondary N) is 1. The summed E-state index contributed by atoms with van der Waals surface area (Å²) in [6.45, 7) is 0. The van der Waals surface area contributed by atoms with Gasteiger partial charge in [0, 0.05) is 24.5 Å². The minimum atomic E-state index is -4.01. The summed E-state index contributed by atoms with van der Waals surface area (Å²) in [7, 11) is -4.01. The van der Waals surface area contributed by atoms with E-state index in [2.05, 4.69) is 14.7 Å². The molecule has 0 radical (unpaired) electrons. The smallest absolute Gasteiger partial charge is 0.271 e. The van der Waals surface area contributed by atoms with Crippen LogP contribution in [-0.2, 0) is 10.0 Å². The molecular formula is C10H9N5O4S. The zero-order chi connectivity index (χ0) is 14.8. The monoisotopic (exact) mass is 295 g/mol. The molecule has 0 spiro atoms. The second kappa shape index (κ2) is 5.09. The molecule has 1 heterocycles. The number of nitrogens with two attached hydrogens (primary N) is 1. The summed E-state index contributed by atoms with van der Waals surface area (Å²) in [5, 5.41) is 10.6. The Hall–Kier alpha value is -2.75. The van der Waals surface area contributed by atoms with Crippen LogP contribution >= 0.6 is 0 Å². The number of hydrogen-bond acceptors (Lipinski definition) is 7. The number of rotatable bonds is 4. The molecule has 3 N–H and O–H groups in total. The lowest BCUT2D eigenvalue weighted by Crippen LogP contribution is -2.16. The Morgan fingerprint density at radius 2 is 1.90 bits per heavy atom. The van der Waals surface area contributed by atoms with Gasteiger partial charge in [0.2, 0.25) is 5.95 Å². The van der Waals surface area contributed by atoms with Crippen molar-refractivity contribution >= 4 is 27.3 Å². The molecule has 1 aromatic carbocycles. The number of nitrogens with zero attached hydrogens (tertiary/aromatic N) is 3. The van der Waals surface area contributed by atoms with Gasteiger partial charge in [0.1, 0.15) is 4.90 Å². The number of nitro groups is 1. The lowest BCUT2D eigenvalue weighted by atomic mass is 10.3. The molecular weight excluding hydrogens is 286 g/mol. The lowest BCUT2D eigenvalue weighted by molar-refractivity contribution is -0.384. The minimum absolute atomic E-state index is 0.120. The lowest BCUT2D eigenvalue weighted by Gasteiger charge is -2.08. The molecule has 0 saturated carbocycles. The predicted molar refractivity (Wildman–Crippen MR) is 70.3 cm³/mol. The zero-order valence-electron chi connectivity index (χ0n) is 9.92. The van der Waals surface area contributed by atoms with Crippen molar-refractivity contribution in [1.29, 1.82) is 0 Å². The van der Waals surface area contributed by atoms with Gasteiger partial charge in [-0.15, -0.1) is 0 Å². The molecule has 0 aliphatic rings. The normalized spacial score (nSPS) is 11.0. The minimum Gasteiger partial charge on any atom is -0.397 e. The number of nitrogen functional groups attached to an aromatic ring is 1. The highest BCUT2D eigenvalue weighted by Crippen LogP contribution is 2.24.